The summed E-state index contributed by atoms with van der Waals surface area (Å²) in [4.78, 5) is 27.0. The second-order valence-electron chi connectivity index (χ2n) is 9.11. The van der Waals surface area contributed by atoms with Gasteiger partial charge in [0.1, 0.15) is 17.5 Å². The molecule has 7 nitrogen and oxygen atoms in total. The molecular weight excluding hydrogens is 517 g/mol. The number of hydrogen-bond donors (Lipinski definition) is 4. The standard InChI is InChI=1S/C30H39ClFN5O2/c1-6-10-28(37-29(25(31)7-2)35-21(4)11-8-9-16-34-19-38)36-27-17-20(3)24(18-26(27)32)22-12-14-23(15-13-22)30(39)33-5/h7,10,12-15,17-19,21,36H,6,8-9,11,16H2,1-5H3,(H,33,39)(H,34,38)(H,35,37)/b25-7+,28-10+. The van der Waals surface area contributed by atoms with E-state index in [1.165, 1.54) is 6.07 Å². The number of carbonyl (C=O) groups is 2. The van der Waals surface area contributed by atoms with E-state index < -0.39 is 5.82 Å². The van der Waals surface area contributed by atoms with Crippen molar-refractivity contribution in [3.05, 3.63) is 76.3 Å². The number of anilines is 1. The van der Waals surface area contributed by atoms with Crippen LogP contribution in [0.25, 0.3) is 11.1 Å². The Morgan fingerprint density at radius 3 is 2.51 bits per heavy atom. The van der Waals surface area contributed by atoms with E-state index in [1.54, 1.807) is 31.3 Å². The molecule has 2 rings (SSSR count). The van der Waals surface area contributed by atoms with Crippen LogP contribution in [-0.4, -0.2) is 37.8 Å². The highest BCUT2D eigenvalue weighted by atomic mass is 35.5. The van der Waals surface area contributed by atoms with Crippen LogP contribution in [0.5, 0.6) is 0 Å². The summed E-state index contributed by atoms with van der Waals surface area (Å²) in [6.07, 6.45) is 7.68. The SMILES string of the molecule is C/C=C(/Cl)C(=NC(C)CCCCNC=O)N/C(=C/CC)Nc1cc(C)c(-c2ccc(C(=O)NC)cc2)cc1F. The van der Waals surface area contributed by atoms with E-state index in [4.69, 9.17) is 16.6 Å². The number of aliphatic imine (C=N–C) groups is 1. The zero-order chi connectivity index (χ0) is 28.8. The van der Waals surface area contributed by atoms with Crippen LogP contribution < -0.4 is 21.3 Å². The van der Waals surface area contributed by atoms with Crippen molar-refractivity contribution in [3.63, 3.8) is 0 Å². The van der Waals surface area contributed by atoms with Gasteiger partial charge < -0.3 is 21.3 Å². The number of nitrogens with zero attached hydrogens (tertiary/aromatic N) is 1. The molecule has 0 saturated carbocycles. The van der Waals surface area contributed by atoms with Crippen LogP contribution in [0, 0.1) is 12.7 Å². The van der Waals surface area contributed by atoms with Crippen LogP contribution in [0.1, 0.15) is 62.4 Å². The highest BCUT2D eigenvalue weighted by Crippen LogP contribution is 2.29. The van der Waals surface area contributed by atoms with Crippen molar-refractivity contribution >= 4 is 35.4 Å². The highest BCUT2D eigenvalue weighted by molar-refractivity contribution is 6.43. The minimum atomic E-state index is -0.414. The topological polar surface area (TPSA) is 94.6 Å². The molecule has 210 valence electrons. The summed E-state index contributed by atoms with van der Waals surface area (Å²) < 4.78 is 15.3. The van der Waals surface area contributed by atoms with E-state index in [0.717, 1.165) is 36.0 Å². The molecule has 0 aliphatic rings. The molecule has 0 heterocycles. The number of amides is 2. The zero-order valence-electron chi connectivity index (χ0n) is 23.3. The van der Waals surface area contributed by atoms with E-state index in [2.05, 4.69) is 21.3 Å². The largest absolute Gasteiger partial charge is 0.359 e. The lowest BCUT2D eigenvalue weighted by Gasteiger charge is -2.18. The van der Waals surface area contributed by atoms with Gasteiger partial charge in [-0.2, -0.15) is 0 Å². The lowest BCUT2D eigenvalue weighted by molar-refractivity contribution is -0.109. The van der Waals surface area contributed by atoms with Gasteiger partial charge in [0.15, 0.2) is 0 Å². The number of allylic oxidation sites excluding steroid dienone is 2. The predicted octanol–water partition coefficient (Wildman–Crippen LogP) is 6.26. The van der Waals surface area contributed by atoms with E-state index in [-0.39, 0.29) is 11.9 Å². The van der Waals surface area contributed by atoms with E-state index in [1.807, 2.05) is 45.9 Å². The molecule has 1 atom stereocenters. The number of halogens is 2. The normalized spacial score (nSPS) is 13.1. The molecule has 0 saturated heterocycles. The number of carbonyl (C=O) groups excluding carboxylic acids is 2. The Labute approximate surface area is 236 Å². The fourth-order valence-corrected chi connectivity index (χ4v) is 4.04. The van der Waals surface area contributed by atoms with E-state index in [0.29, 0.717) is 47.3 Å². The summed E-state index contributed by atoms with van der Waals surface area (Å²) in [5.74, 6) is 0.478. The first kappa shape index (κ1) is 31.6. The Morgan fingerprint density at radius 1 is 1.18 bits per heavy atom. The maximum Gasteiger partial charge on any atom is 0.251 e. The Bertz CT molecular complexity index is 1210. The van der Waals surface area contributed by atoms with Gasteiger partial charge in [-0.25, -0.2) is 4.39 Å². The van der Waals surface area contributed by atoms with Crippen molar-refractivity contribution in [2.45, 2.75) is 59.4 Å². The van der Waals surface area contributed by atoms with Crippen molar-refractivity contribution in [1.82, 2.24) is 16.0 Å². The summed E-state index contributed by atoms with van der Waals surface area (Å²) >= 11 is 6.48. The van der Waals surface area contributed by atoms with Crippen LogP contribution >= 0.6 is 11.6 Å². The van der Waals surface area contributed by atoms with Crippen molar-refractivity contribution in [3.8, 4) is 11.1 Å². The molecule has 0 spiro atoms. The van der Waals surface area contributed by atoms with Crippen molar-refractivity contribution in [2.24, 2.45) is 4.99 Å². The first-order valence-electron chi connectivity index (χ1n) is 13.2. The number of unbranched alkanes of at least 4 members (excludes halogenated alkanes) is 1. The smallest absolute Gasteiger partial charge is 0.251 e. The van der Waals surface area contributed by atoms with Crippen molar-refractivity contribution in [1.29, 1.82) is 0 Å². The summed E-state index contributed by atoms with van der Waals surface area (Å²) in [5, 5.41) is 12.1. The predicted molar refractivity (Wildman–Crippen MR) is 160 cm³/mol. The van der Waals surface area contributed by atoms with Crippen LogP contribution in [0.2, 0.25) is 0 Å². The van der Waals surface area contributed by atoms with Gasteiger partial charge in [0.2, 0.25) is 6.41 Å². The maximum atomic E-state index is 15.3. The molecule has 0 radical (unpaired) electrons. The average molecular weight is 556 g/mol. The molecule has 2 aromatic rings. The number of rotatable bonds is 14. The van der Waals surface area contributed by atoms with E-state index >= 15 is 4.39 Å². The molecular formula is C30H39ClFN5O2. The first-order chi connectivity index (χ1) is 18.7. The Morgan fingerprint density at radius 2 is 1.90 bits per heavy atom. The fraction of sp³-hybridized carbons (Fsp3) is 0.367. The Kier molecular flexibility index (Phi) is 13.2. The summed E-state index contributed by atoms with van der Waals surface area (Å²) in [7, 11) is 1.58. The number of hydrogen-bond acceptors (Lipinski definition) is 4. The van der Waals surface area contributed by atoms with Gasteiger partial charge in [0, 0.05) is 25.2 Å². The summed E-state index contributed by atoms with van der Waals surface area (Å²) in [6, 6.07) is 10.3. The lowest BCUT2D eigenvalue weighted by atomic mass is 9.98. The third-order valence-corrected chi connectivity index (χ3v) is 6.43. The van der Waals surface area contributed by atoms with Gasteiger partial charge in [0.05, 0.1) is 10.7 Å². The number of nitrogens with one attached hydrogen (secondary N) is 4. The molecule has 2 aromatic carbocycles. The highest BCUT2D eigenvalue weighted by Gasteiger charge is 2.14. The van der Waals surface area contributed by atoms with Crippen LogP contribution in [0.3, 0.4) is 0 Å². The van der Waals surface area contributed by atoms with Gasteiger partial charge in [-0.05, 0) is 93.5 Å². The average Bonchev–Trinajstić information content (AvgIpc) is 2.93. The second kappa shape index (κ2) is 16.3. The monoisotopic (exact) mass is 555 g/mol. The summed E-state index contributed by atoms with van der Waals surface area (Å²) in [6.45, 7) is 8.38. The molecule has 2 amide bonds. The number of amidine groups is 1. The quantitative estimate of drug-likeness (QED) is 0.0957. The Balaban J connectivity index is 2.23. The van der Waals surface area contributed by atoms with Crippen molar-refractivity contribution in [2.75, 3.05) is 18.9 Å². The summed E-state index contributed by atoms with van der Waals surface area (Å²) in [5.41, 5.74) is 3.29. The first-order valence-corrected chi connectivity index (χ1v) is 13.6. The molecule has 0 aliphatic heterocycles. The van der Waals surface area contributed by atoms with Crippen LogP contribution in [-0.2, 0) is 4.79 Å². The molecule has 9 heteroatoms. The number of aryl methyl sites for hydroxylation is 1. The second-order valence-corrected chi connectivity index (χ2v) is 9.52. The zero-order valence-corrected chi connectivity index (χ0v) is 24.1. The lowest BCUT2D eigenvalue weighted by Crippen LogP contribution is -2.29. The van der Waals surface area contributed by atoms with Gasteiger partial charge in [-0.3, -0.25) is 14.6 Å². The van der Waals surface area contributed by atoms with Gasteiger partial charge in [-0.1, -0.05) is 36.7 Å². The molecule has 0 fully saturated rings. The van der Waals surface area contributed by atoms with Gasteiger partial charge in [-0.15, -0.1) is 0 Å². The third kappa shape index (κ3) is 9.87. The van der Waals surface area contributed by atoms with Crippen LogP contribution in [0.15, 0.2) is 64.4 Å². The fourth-order valence-electron chi connectivity index (χ4n) is 3.94. The molecule has 4 N–H and O–H groups in total. The molecule has 0 aromatic heterocycles. The van der Waals surface area contributed by atoms with Crippen molar-refractivity contribution < 1.29 is 14.0 Å². The minimum Gasteiger partial charge on any atom is -0.359 e. The van der Waals surface area contributed by atoms with Gasteiger partial charge >= 0.3 is 0 Å². The molecule has 0 aliphatic carbocycles. The third-order valence-electron chi connectivity index (χ3n) is 6.04. The van der Waals surface area contributed by atoms with Gasteiger partial charge in [0.25, 0.3) is 5.91 Å². The molecule has 39 heavy (non-hydrogen) atoms. The number of benzene rings is 2. The molecule has 1 unspecified atom stereocenters. The van der Waals surface area contributed by atoms with E-state index in [9.17, 15) is 9.59 Å². The minimum absolute atomic E-state index is 0.00615. The maximum absolute atomic E-state index is 15.3. The van der Waals surface area contributed by atoms with Crippen LogP contribution in [0.4, 0.5) is 10.1 Å². The molecule has 0 bridgehead atoms. The Hall–Kier alpha value is -3.65.